The van der Waals surface area contributed by atoms with Crippen molar-refractivity contribution < 1.29 is 4.74 Å². The van der Waals surface area contributed by atoms with Crippen LogP contribution in [0.25, 0.3) is 0 Å². The summed E-state index contributed by atoms with van der Waals surface area (Å²) < 4.78 is 5.79. The highest BCUT2D eigenvalue weighted by molar-refractivity contribution is 5.25. The van der Waals surface area contributed by atoms with Crippen molar-refractivity contribution in [3.05, 3.63) is 35.4 Å². The molecule has 0 heterocycles. The Kier molecular flexibility index (Phi) is 4.64. The third-order valence-electron chi connectivity index (χ3n) is 3.51. The van der Waals surface area contributed by atoms with E-state index >= 15 is 0 Å². The molecule has 19 heavy (non-hydrogen) atoms. The molecule has 1 N–H and O–H groups in total. The monoisotopic (exact) mass is 261 g/mol. The van der Waals surface area contributed by atoms with Crippen LogP contribution in [0.3, 0.4) is 0 Å². The fourth-order valence-electron chi connectivity index (χ4n) is 1.99. The summed E-state index contributed by atoms with van der Waals surface area (Å²) in [5.74, 6) is 0.582. The average Bonchev–Trinajstić information content (AvgIpc) is 3.17. The predicted octanol–water partition coefficient (Wildman–Crippen LogP) is 3.86. The number of benzene rings is 1. The molecule has 1 aliphatic carbocycles. The second kappa shape index (κ2) is 6.06. The van der Waals surface area contributed by atoms with E-state index in [1.54, 1.807) is 0 Å². The van der Waals surface area contributed by atoms with Crippen LogP contribution < -0.4 is 5.32 Å². The first-order valence-electron chi connectivity index (χ1n) is 7.40. The topological polar surface area (TPSA) is 21.3 Å². The lowest BCUT2D eigenvalue weighted by Gasteiger charge is -2.20. The first-order valence-corrected chi connectivity index (χ1v) is 7.40. The van der Waals surface area contributed by atoms with E-state index in [0.29, 0.717) is 12.5 Å². The van der Waals surface area contributed by atoms with Crippen LogP contribution in [0.1, 0.15) is 57.6 Å². The van der Waals surface area contributed by atoms with Crippen molar-refractivity contribution in [2.45, 2.75) is 64.7 Å². The number of hydrogen-bond acceptors (Lipinski definition) is 2. The summed E-state index contributed by atoms with van der Waals surface area (Å²) >= 11 is 0. The number of ether oxygens (including phenoxy) is 1. The van der Waals surface area contributed by atoms with E-state index in [2.05, 4.69) is 57.3 Å². The summed E-state index contributed by atoms with van der Waals surface area (Å²) in [5.41, 5.74) is 2.59. The molecule has 1 saturated carbocycles. The normalized spacial score (nSPS) is 17.5. The van der Waals surface area contributed by atoms with E-state index in [9.17, 15) is 0 Å². The van der Waals surface area contributed by atoms with Crippen LogP contribution in [0, 0.1) is 0 Å². The molecule has 0 bridgehead atoms. The van der Waals surface area contributed by atoms with Crippen LogP contribution >= 0.6 is 0 Å². The van der Waals surface area contributed by atoms with Crippen molar-refractivity contribution >= 4 is 0 Å². The molecule has 0 spiro atoms. The number of rotatable bonds is 6. The third-order valence-corrected chi connectivity index (χ3v) is 3.51. The van der Waals surface area contributed by atoms with E-state index in [1.807, 2.05) is 0 Å². The smallest absolute Gasteiger partial charge is 0.0724 e. The van der Waals surface area contributed by atoms with Gasteiger partial charge in [0.05, 0.1) is 12.2 Å². The molecule has 2 nitrogen and oxygen atoms in total. The van der Waals surface area contributed by atoms with Gasteiger partial charge in [-0.2, -0.15) is 0 Å². The van der Waals surface area contributed by atoms with E-state index in [1.165, 1.54) is 24.0 Å². The Morgan fingerprint density at radius 1 is 1.21 bits per heavy atom. The lowest BCUT2D eigenvalue weighted by Crippen LogP contribution is -2.22. The van der Waals surface area contributed by atoms with Gasteiger partial charge in [-0.3, -0.25) is 0 Å². The van der Waals surface area contributed by atoms with Crippen LogP contribution in [0.2, 0.25) is 0 Å². The molecule has 2 heteroatoms. The highest BCUT2D eigenvalue weighted by Crippen LogP contribution is 2.21. The van der Waals surface area contributed by atoms with Gasteiger partial charge in [0.25, 0.3) is 0 Å². The lowest BCUT2D eigenvalue weighted by atomic mass is 10.00. The molecule has 0 radical (unpaired) electrons. The van der Waals surface area contributed by atoms with Crippen LogP contribution in [-0.4, -0.2) is 18.2 Å². The summed E-state index contributed by atoms with van der Waals surface area (Å²) in [6.45, 7) is 10.3. The van der Waals surface area contributed by atoms with E-state index in [4.69, 9.17) is 4.74 Å². The van der Waals surface area contributed by atoms with Crippen LogP contribution in [0.5, 0.6) is 0 Å². The molecule has 1 aliphatic rings. The van der Waals surface area contributed by atoms with Crippen molar-refractivity contribution in [2.75, 3.05) is 6.54 Å². The molecular formula is C17H27NO. The largest absolute Gasteiger partial charge is 0.371 e. The molecule has 1 unspecified atom stereocenters. The molecule has 0 aliphatic heterocycles. The lowest BCUT2D eigenvalue weighted by molar-refractivity contribution is -0.0149. The average molecular weight is 261 g/mol. The molecule has 1 fully saturated rings. The SMILES string of the molecule is CC(CNC1CC1)c1ccc(COC(C)(C)C)cc1. The van der Waals surface area contributed by atoms with Crippen molar-refractivity contribution in [2.24, 2.45) is 0 Å². The maximum Gasteiger partial charge on any atom is 0.0724 e. The van der Waals surface area contributed by atoms with E-state index in [-0.39, 0.29) is 5.60 Å². The third kappa shape index (κ3) is 5.33. The molecule has 106 valence electrons. The maximum atomic E-state index is 5.79. The minimum absolute atomic E-state index is 0.0693. The van der Waals surface area contributed by atoms with Gasteiger partial charge in [-0.1, -0.05) is 31.2 Å². The summed E-state index contributed by atoms with van der Waals surface area (Å²) in [4.78, 5) is 0. The Bertz CT molecular complexity index is 387. The Morgan fingerprint density at radius 3 is 2.37 bits per heavy atom. The summed E-state index contributed by atoms with van der Waals surface area (Å²) in [6.07, 6.45) is 2.71. The fraction of sp³-hybridized carbons (Fsp3) is 0.647. The van der Waals surface area contributed by atoms with Gasteiger partial charge in [0, 0.05) is 12.6 Å². The highest BCUT2D eigenvalue weighted by Gasteiger charge is 2.21. The van der Waals surface area contributed by atoms with Crippen LogP contribution in [0.15, 0.2) is 24.3 Å². The molecule has 0 saturated heterocycles. The standard InChI is InChI=1S/C17H27NO/c1-13(11-18-16-9-10-16)15-7-5-14(6-8-15)12-19-17(2,3)4/h5-8,13,16,18H,9-12H2,1-4H3. The Hall–Kier alpha value is -0.860. The van der Waals surface area contributed by atoms with Gasteiger partial charge >= 0.3 is 0 Å². The minimum Gasteiger partial charge on any atom is -0.371 e. The Morgan fingerprint density at radius 2 is 1.84 bits per heavy atom. The van der Waals surface area contributed by atoms with Gasteiger partial charge in [0.15, 0.2) is 0 Å². The zero-order valence-corrected chi connectivity index (χ0v) is 12.7. The van der Waals surface area contributed by atoms with E-state index in [0.717, 1.165) is 12.6 Å². The van der Waals surface area contributed by atoms with Crippen molar-refractivity contribution in [1.29, 1.82) is 0 Å². The van der Waals surface area contributed by atoms with Gasteiger partial charge < -0.3 is 10.1 Å². The van der Waals surface area contributed by atoms with Gasteiger partial charge in [0.1, 0.15) is 0 Å². The van der Waals surface area contributed by atoms with Crippen LogP contribution in [-0.2, 0) is 11.3 Å². The van der Waals surface area contributed by atoms with Crippen molar-refractivity contribution in [3.63, 3.8) is 0 Å². The van der Waals surface area contributed by atoms with Crippen LogP contribution in [0.4, 0.5) is 0 Å². The molecule has 2 rings (SSSR count). The molecule has 0 amide bonds. The first kappa shape index (κ1) is 14.5. The van der Waals surface area contributed by atoms with Gasteiger partial charge in [-0.05, 0) is 50.7 Å². The summed E-state index contributed by atoms with van der Waals surface area (Å²) in [5, 5.41) is 3.59. The Labute approximate surface area is 117 Å². The number of nitrogens with one attached hydrogen (secondary N) is 1. The second-order valence-corrected chi connectivity index (χ2v) is 6.73. The van der Waals surface area contributed by atoms with Gasteiger partial charge in [-0.15, -0.1) is 0 Å². The quantitative estimate of drug-likeness (QED) is 0.839. The van der Waals surface area contributed by atoms with Gasteiger partial charge in [-0.25, -0.2) is 0 Å². The highest BCUT2D eigenvalue weighted by atomic mass is 16.5. The van der Waals surface area contributed by atoms with Gasteiger partial charge in [0.2, 0.25) is 0 Å². The molecule has 0 aromatic heterocycles. The summed E-state index contributed by atoms with van der Waals surface area (Å²) in [6, 6.07) is 9.65. The first-order chi connectivity index (χ1) is 8.94. The fourth-order valence-corrected chi connectivity index (χ4v) is 1.99. The minimum atomic E-state index is -0.0693. The Balaban J connectivity index is 1.82. The van der Waals surface area contributed by atoms with Crippen molar-refractivity contribution in [1.82, 2.24) is 5.32 Å². The zero-order valence-electron chi connectivity index (χ0n) is 12.7. The summed E-state index contributed by atoms with van der Waals surface area (Å²) in [7, 11) is 0. The molecule has 1 atom stereocenters. The molecular weight excluding hydrogens is 234 g/mol. The predicted molar refractivity (Wildman–Crippen MR) is 80.4 cm³/mol. The van der Waals surface area contributed by atoms with Crippen molar-refractivity contribution in [3.8, 4) is 0 Å². The second-order valence-electron chi connectivity index (χ2n) is 6.73. The molecule has 1 aromatic rings. The van der Waals surface area contributed by atoms with E-state index < -0.39 is 0 Å². The maximum absolute atomic E-state index is 5.79. The molecule has 1 aromatic carbocycles. The number of hydrogen-bond donors (Lipinski definition) is 1. The zero-order chi connectivity index (χ0) is 13.9.